The number of benzene rings is 1. The summed E-state index contributed by atoms with van der Waals surface area (Å²) in [6.07, 6.45) is -0.185. The molecule has 1 aromatic rings. The Bertz CT molecular complexity index is 368. The van der Waals surface area contributed by atoms with Crippen LogP contribution in [-0.4, -0.2) is 12.1 Å². The molecule has 0 amide bonds. The highest BCUT2D eigenvalue weighted by atomic mass is 35.5. The number of ether oxygens (including phenoxy) is 1. The maximum Gasteiger partial charge on any atom is 0.338 e. The monoisotopic (exact) mass is 228 g/mol. The van der Waals surface area contributed by atoms with Crippen LogP contribution in [0.3, 0.4) is 0 Å². The molecule has 0 atom stereocenters. The number of carbonyl (C=O) groups excluding carboxylic acids is 1. The fourth-order valence-electron chi connectivity index (χ4n) is 1.07. The van der Waals surface area contributed by atoms with E-state index in [4.69, 9.17) is 27.8 Å². The Morgan fingerprint density at radius 1 is 1.33 bits per heavy atom. The minimum atomic E-state index is -0.458. The van der Waals surface area contributed by atoms with Crippen molar-refractivity contribution in [2.24, 2.45) is 0 Å². The summed E-state index contributed by atoms with van der Waals surface area (Å²) in [5.41, 5.74) is 12.0. The molecule has 0 unspecified atom stereocenters. The Morgan fingerprint density at radius 3 is 2.20 bits per heavy atom. The summed E-state index contributed by atoms with van der Waals surface area (Å²) in [6.45, 7) is 3.53. The van der Waals surface area contributed by atoms with Crippen LogP contribution in [0.1, 0.15) is 24.2 Å². The van der Waals surface area contributed by atoms with Crippen molar-refractivity contribution in [1.29, 1.82) is 0 Å². The van der Waals surface area contributed by atoms with Gasteiger partial charge in [-0.25, -0.2) is 4.79 Å². The highest BCUT2D eigenvalue weighted by Gasteiger charge is 2.12. The third-order valence-corrected chi connectivity index (χ3v) is 2.14. The highest BCUT2D eigenvalue weighted by Crippen LogP contribution is 2.27. The maximum absolute atomic E-state index is 11.5. The number of nitrogen functional groups attached to an aromatic ring is 2. The van der Waals surface area contributed by atoms with E-state index in [1.165, 1.54) is 12.1 Å². The smallest absolute Gasteiger partial charge is 0.338 e. The van der Waals surface area contributed by atoms with Crippen molar-refractivity contribution < 1.29 is 9.53 Å². The molecule has 82 valence electrons. The maximum atomic E-state index is 11.5. The molecule has 4 nitrogen and oxygen atoms in total. The third kappa shape index (κ3) is 2.76. The van der Waals surface area contributed by atoms with Crippen LogP contribution < -0.4 is 11.5 Å². The van der Waals surface area contributed by atoms with Crippen LogP contribution in [0.15, 0.2) is 12.1 Å². The number of halogens is 1. The minimum Gasteiger partial charge on any atom is -0.459 e. The number of rotatable bonds is 2. The van der Waals surface area contributed by atoms with E-state index >= 15 is 0 Å². The zero-order chi connectivity index (χ0) is 11.6. The number of carbonyl (C=O) groups is 1. The molecular weight excluding hydrogens is 216 g/mol. The Labute approximate surface area is 93.1 Å². The third-order valence-electron chi connectivity index (χ3n) is 1.71. The van der Waals surface area contributed by atoms with Crippen molar-refractivity contribution in [3.63, 3.8) is 0 Å². The fourth-order valence-corrected chi connectivity index (χ4v) is 1.18. The van der Waals surface area contributed by atoms with Gasteiger partial charge >= 0.3 is 5.97 Å². The lowest BCUT2D eigenvalue weighted by Gasteiger charge is -2.10. The van der Waals surface area contributed by atoms with Gasteiger partial charge in [0.2, 0.25) is 0 Å². The van der Waals surface area contributed by atoms with Crippen LogP contribution in [0.4, 0.5) is 11.4 Å². The van der Waals surface area contributed by atoms with Gasteiger partial charge in [-0.15, -0.1) is 0 Å². The van der Waals surface area contributed by atoms with E-state index < -0.39 is 5.97 Å². The molecule has 0 heterocycles. The van der Waals surface area contributed by atoms with Gasteiger partial charge in [-0.1, -0.05) is 11.6 Å². The molecule has 0 aliphatic carbocycles. The number of nitrogens with two attached hydrogens (primary N) is 2. The standard InChI is InChI=1S/C10H13ClN2O2/c1-5(2)15-10(14)6-3-7(12)9(11)8(13)4-6/h3-5H,12-13H2,1-2H3. The number of esters is 1. The zero-order valence-corrected chi connectivity index (χ0v) is 9.34. The predicted octanol–water partition coefficient (Wildman–Crippen LogP) is 2.07. The van der Waals surface area contributed by atoms with Crippen molar-refractivity contribution in [1.82, 2.24) is 0 Å². The molecule has 0 aliphatic rings. The molecule has 1 aromatic carbocycles. The van der Waals surface area contributed by atoms with Gasteiger partial charge in [0, 0.05) is 0 Å². The fraction of sp³-hybridized carbons (Fsp3) is 0.300. The lowest BCUT2D eigenvalue weighted by molar-refractivity contribution is 0.0378. The van der Waals surface area contributed by atoms with Gasteiger partial charge in [0.15, 0.2) is 0 Å². The van der Waals surface area contributed by atoms with E-state index in [2.05, 4.69) is 0 Å². The molecule has 0 radical (unpaired) electrons. The molecule has 0 spiro atoms. The quantitative estimate of drug-likeness (QED) is 0.600. The van der Waals surface area contributed by atoms with Crippen LogP contribution in [-0.2, 0) is 4.74 Å². The second-order valence-corrected chi connectivity index (χ2v) is 3.80. The molecule has 0 bridgehead atoms. The Morgan fingerprint density at radius 2 is 1.80 bits per heavy atom. The normalized spacial score (nSPS) is 10.4. The first-order chi connectivity index (χ1) is 6.91. The lowest BCUT2D eigenvalue weighted by atomic mass is 10.2. The van der Waals surface area contributed by atoms with E-state index in [-0.39, 0.29) is 22.5 Å². The summed E-state index contributed by atoms with van der Waals surface area (Å²) in [4.78, 5) is 11.5. The average molecular weight is 229 g/mol. The van der Waals surface area contributed by atoms with Crippen molar-refractivity contribution in [2.75, 3.05) is 11.5 Å². The summed E-state index contributed by atoms with van der Waals surface area (Å²) in [5.74, 6) is -0.458. The largest absolute Gasteiger partial charge is 0.459 e. The van der Waals surface area contributed by atoms with Crippen molar-refractivity contribution in [3.05, 3.63) is 22.7 Å². The first-order valence-electron chi connectivity index (χ1n) is 4.47. The summed E-state index contributed by atoms with van der Waals surface area (Å²) in [7, 11) is 0. The Kier molecular flexibility index (Phi) is 3.42. The molecule has 1 rings (SSSR count). The zero-order valence-electron chi connectivity index (χ0n) is 8.58. The van der Waals surface area contributed by atoms with Gasteiger partial charge in [-0.3, -0.25) is 0 Å². The second kappa shape index (κ2) is 4.40. The molecule has 0 aliphatic heterocycles. The topological polar surface area (TPSA) is 78.3 Å². The van der Waals surface area contributed by atoms with Crippen LogP contribution in [0.2, 0.25) is 5.02 Å². The van der Waals surface area contributed by atoms with Crippen LogP contribution in [0.5, 0.6) is 0 Å². The molecule has 5 heteroatoms. The van der Waals surface area contributed by atoms with Crippen molar-refractivity contribution in [2.45, 2.75) is 20.0 Å². The second-order valence-electron chi connectivity index (χ2n) is 3.42. The van der Waals surface area contributed by atoms with Gasteiger partial charge in [-0.05, 0) is 26.0 Å². The molecule has 0 aromatic heterocycles. The van der Waals surface area contributed by atoms with Gasteiger partial charge < -0.3 is 16.2 Å². The van der Waals surface area contributed by atoms with E-state index in [0.29, 0.717) is 5.56 Å². The summed E-state index contributed by atoms with van der Waals surface area (Å²) in [6, 6.07) is 2.90. The lowest BCUT2D eigenvalue weighted by Crippen LogP contribution is -2.12. The van der Waals surface area contributed by atoms with Gasteiger partial charge in [0.05, 0.1) is 28.1 Å². The molecular formula is C10H13ClN2O2. The first kappa shape index (κ1) is 11.7. The first-order valence-corrected chi connectivity index (χ1v) is 4.85. The van der Waals surface area contributed by atoms with Crippen molar-refractivity contribution >= 4 is 28.9 Å². The summed E-state index contributed by atoms with van der Waals surface area (Å²) < 4.78 is 4.99. The Hall–Kier alpha value is -1.42. The van der Waals surface area contributed by atoms with Gasteiger partial charge in [-0.2, -0.15) is 0 Å². The highest BCUT2D eigenvalue weighted by molar-refractivity contribution is 6.35. The van der Waals surface area contributed by atoms with Crippen LogP contribution in [0.25, 0.3) is 0 Å². The molecule has 15 heavy (non-hydrogen) atoms. The summed E-state index contributed by atoms with van der Waals surface area (Å²) >= 11 is 5.76. The number of hydrogen-bond donors (Lipinski definition) is 2. The summed E-state index contributed by atoms with van der Waals surface area (Å²) in [5, 5.41) is 0.260. The van der Waals surface area contributed by atoms with E-state index in [1.54, 1.807) is 13.8 Å². The SMILES string of the molecule is CC(C)OC(=O)c1cc(N)c(Cl)c(N)c1. The van der Waals surface area contributed by atoms with Crippen molar-refractivity contribution in [3.8, 4) is 0 Å². The predicted molar refractivity (Wildman–Crippen MR) is 60.8 cm³/mol. The Balaban J connectivity index is 3.01. The van der Waals surface area contributed by atoms with Crippen LogP contribution in [0, 0.1) is 0 Å². The van der Waals surface area contributed by atoms with E-state index in [1.807, 2.05) is 0 Å². The van der Waals surface area contributed by atoms with Gasteiger partial charge in [0.25, 0.3) is 0 Å². The number of hydrogen-bond acceptors (Lipinski definition) is 4. The van der Waals surface area contributed by atoms with E-state index in [9.17, 15) is 4.79 Å². The molecule has 0 fully saturated rings. The minimum absolute atomic E-state index is 0.185. The van der Waals surface area contributed by atoms with Gasteiger partial charge in [0.1, 0.15) is 0 Å². The molecule has 0 saturated carbocycles. The number of anilines is 2. The molecule has 4 N–H and O–H groups in total. The van der Waals surface area contributed by atoms with E-state index in [0.717, 1.165) is 0 Å². The average Bonchev–Trinajstić information content (AvgIpc) is 2.12. The molecule has 0 saturated heterocycles. The van der Waals surface area contributed by atoms with Crippen LogP contribution >= 0.6 is 11.6 Å².